The number of cyclic esters (lactones) is 1. The van der Waals surface area contributed by atoms with Gasteiger partial charge < -0.3 is 14.6 Å². The standard InChI is InChI=1S/C24H27FN6O3/c1-12(31-5-4-6-34-23(31)33)22(32)30(3)14-8-16(25)20-17(9-14)26-21(27-20)19-15-7-13-10-24(13,2)11-18(15)28-29-19/h8-9,12-13H,4-7,10-11H2,1-3H3,(H,26,27)(H,28,29)/t12-,13-,24-/m1/s1. The summed E-state index contributed by atoms with van der Waals surface area (Å²) in [6, 6.07) is 2.27. The van der Waals surface area contributed by atoms with Crippen LogP contribution >= 0.6 is 0 Å². The van der Waals surface area contributed by atoms with Gasteiger partial charge in [0.1, 0.15) is 17.3 Å². The Kier molecular flexibility index (Phi) is 4.53. The second-order valence-corrected chi connectivity index (χ2v) is 10.1. The lowest BCUT2D eigenvalue weighted by Gasteiger charge is -2.33. The van der Waals surface area contributed by atoms with Gasteiger partial charge in [0.25, 0.3) is 0 Å². The third-order valence-corrected chi connectivity index (χ3v) is 7.82. The monoisotopic (exact) mass is 466 g/mol. The summed E-state index contributed by atoms with van der Waals surface area (Å²) in [5.74, 6) is 0.333. The molecule has 178 valence electrons. The second-order valence-electron chi connectivity index (χ2n) is 10.1. The Bertz CT molecular complexity index is 1330. The van der Waals surface area contributed by atoms with Crippen LogP contribution in [0.1, 0.15) is 37.9 Å². The van der Waals surface area contributed by atoms with Crippen molar-refractivity contribution in [2.45, 2.75) is 45.6 Å². The normalized spacial score (nSPS) is 24.4. The van der Waals surface area contributed by atoms with Crippen LogP contribution in [-0.4, -0.2) is 63.3 Å². The van der Waals surface area contributed by atoms with Crippen molar-refractivity contribution in [3.05, 3.63) is 29.2 Å². The highest BCUT2D eigenvalue weighted by molar-refractivity contribution is 5.99. The Morgan fingerprint density at radius 3 is 3.03 bits per heavy atom. The number of benzene rings is 1. The molecule has 0 radical (unpaired) electrons. The first-order valence-corrected chi connectivity index (χ1v) is 11.7. The highest BCUT2D eigenvalue weighted by Crippen LogP contribution is 2.59. The number of likely N-dealkylation sites (N-methyl/N-ethyl adjacent to an activating group) is 1. The number of imidazole rings is 1. The molecule has 2 amide bonds. The van der Waals surface area contributed by atoms with Gasteiger partial charge >= 0.3 is 6.09 Å². The van der Waals surface area contributed by atoms with E-state index in [0.29, 0.717) is 47.9 Å². The van der Waals surface area contributed by atoms with E-state index < -0.39 is 18.0 Å². The molecule has 0 spiro atoms. The molecule has 0 bridgehead atoms. The van der Waals surface area contributed by atoms with Crippen molar-refractivity contribution in [2.75, 3.05) is 25.1 Å². The van der Waals surface area contributed by atoms with Crippen molar-refractivity contribution in [2.24, 2.45) is 11.3 Å². The molecule has 0 unspecified atom stereocenters. The van der Waals surface area contributed by atoms with Gasteiger partial charge in [0.15, 0.2) is 11.6 Å². The summed E-state index contributed by atoms with van der Waals surface area (Å²) in [6.45, 7) is 4.77. The fraction of sp³-hybridized carbons (Fsp3) is 0.500. The Balaban J connectivity index is 1.29. The number of hydrogen-bond acceptors (Lipinski definition) is 5. The lowest BCUT2D eigenvalue weighted by atomic mass is 9.88. The Morgan fingerprint density at radius 1 is 1.41 bits per heavy atom. The number of hydrogen-bond donors (Lipinski definition) is 2. The molecule has 9 nitrogen and oxygen atoms in total. The number of anilines is 1. The Hall–Kier alpha value is -3.43. The van der Waals surface area contributed by atoms with Gasteiger partial charge in [-0.3, -0.25) is 14.8 Å². The lowest BCUT2D eigenvalue weighted by Crippen LogP contribution is -2.51. The van der Waals surface area contributed by atoms with E-state index in [2.05, 4.69) is 27.1 Å². The molecule has 1 saturated heterocycles. The van der Waals surface area contributed by atoms with Crippen LogP contribution in [0, 0.1) is 17.2 Å². The van der Waals surface area contributed by atoms with Gasteiger partial charge in [-0.05, 0) is 56.1 Å². The quantitative estimate of drug-likeness (QED) is 0.613. The van der Waals surface area contributed by atoms with Crippen LogP contribution in [0.2, 0.25) is 0 Å². The predicted molar refractivity (Wildman–Crippen MR) is 123 cm³/mol. The number of carbonyl (C=O) groups is 2. The molecular formula is C24H27FN6O3. The number of ether oxygens (including phenoxy) is 1. The first-order chi connectivity index (χ1) is 16.2. The number of nitrogens with zero attached hydrogens (tertiary/aromatic N) is 4. The van der Waals surface area contributed by atoms with Crippen LogP contribution < -0.4 is 4.90 Å². The van der Waals surface area contributed by atoms with E-state index in [4.69, 9.17) is 4.74 Å². The van der Waals surface area contributed by atoms with Crippen LogP contribution in [0.3, 0.4) is 0 Å². The number of carbonyl (C=O) groups excluding carboxylic acids is 2. The van der Waals surface area contributed by atoms with E-state index >= 15 is 4.39 Å². The molecule has 6 rings (SSSR count). The maximum atomic E-state index is 15.1. The van der Waals surface area contributed by atoms with Gasteiger partial charge in [0.05, 0.1) is 12.1 Å². The van der Waals surface area contributed by atoms with E-state index in [1.165, 1.54) is 22.3 Å². The Morgan fingerprint density at radius 2 is 2.24 bits per heavy atom. The number of halogens is 1. The van der Waals surface area contributed by atoms with E-state index in [0.717, 1.165) is 29.8 Å². The number of H-pyrrole nitrogens is 2. The van der Waals surface area contributed by atoms with Crippen molar-refractivity contribution in [1.82, 2.24) is 25.1 Å². The minimum absolute atomic E-state index is 0.205. The van der Waals surface area contributed by atoms with Crippen LogP contribution in [0.5, 0.6) is 0 Å². The number of amides is 2. The number of rotatable bonds is 4. The summed E-state index contributed by atoms with van der Waals surface area (Å²) < 4.78 is 20.1. The molecule has 2 aromatic heterocycles. The van der Waals surface area contributed by atoms with Gasteiger partial charge in [-0.1, -0.05) is 6.92 Å². The second kappa shape index (κ2) is 7.28. The summed E-state index contributed by atoms with van der Waals surface area (Å²) in [4.78, 5) is 35.6. The van der Waals surface area contributed by atoms with Crippen LogP contribution in [0.25, 0.3) is 22.6 Å². The molecule has 2 aliphatic carbocycles. The van der Waals surface area contributed by atoms with Crippen molar-refractivity contribution in [1.29, 1.82) is 0 Å². The summed E-state index contributed by atoms with van der Waals surface area (Å²) in [7, 11) is 1.57. The zero-order chi connectivity index (χ0) is 23.8. The number of fused-ring (bicyclic) bond motifs is 3. The summed E-state index contributed by atoms with van der Waals surface area (Å²) in [5.41, 5.74) is 4.49. The van der Waals surface area contributed by atoms with Crippen molar-refractivity contribution in [3.63, 3.8) is 0 Å². The molecule has 10 heteroatoms. The summed E-state index contributed by atoms with van der Waals surface area (Å²) >= 11 is 0. The van der Waals surface area contributed by atoms with Gasteiger partial charge in [-0.2, -0.15) is 5.10 Å². The molecule has 3 heterocycles. The number of aromatic nitrogens is 4. The fourth-order valence-corrected chi connectivity index (χ4v) is 5.48. The maximum absolute atomic E-state index is 15.1. The zero-order valence-electron chi connectivity index (χ0n) is 19.4. The van der Waals surface area contributed by atoms with Gasteiger partial charge in [-0.25, -0.2) is 14.2 Å². The van der Waals surface area contributed by atoms with Gasteiger partial charge in [0, 0.05) is 30.5 Å². The van der Waals surface area contributed by atoms with E-state index in [1.54, 1.807) is 20.0 Å². The minimum Gasteiger partial charge on any atom is -0.449 e. The van der Waals surface area contributed by atoms with Crippen molar-refractivity contribution < 1.29 is 18.7 Å². The first kappa shape index (κ1) is 21.1. The van der Waals surface area contributed by atoms with Crippen LogP contribution in [0.4, 0.5) is 14.9 Å². The van der Waals surface area contributed by atoms with Crippen molar-refractivity contribution >= 4 is 28.7 Å². The van der Waals surface area contributed by atoms with Crippen molar-refractivity contribution in [3.8, 4) is 11.5 Å². The SMILES string of the molecule is C[C@H](C(=O)N(C)c1cc(F)c2nc(-c3n[nH]c4c3C[C@@H]3C[C@]3(C)C4)[nH]c2c1)N1CCCOC1=O. The van der Waals surface area contributed by atoms with Crippen LogP contribution in [-0.2, 0) is 22.4 Å². The topological polar surface area (TPSA) is 107 Å². The largest absolute Gasteiger partial charge is 0.449 e. The molecule has 2 fully saturated rings. The molecule has 3 aromatic rings. The smallest absolute Gasteiger partial charge is 0.410 e. The average molecular weight is 467 g/mol. The molecule has 2 N–H and O–H groups in total. The van der Waals surface area contributed by atoms with E-state index in [-0.39, 0.29) is 11.4 Å². The first-order valence-electron chi connectivity index (χ1n) is 11.7. The molecule has 34 heavy (non-hydrogen) atoms. The van der Waals surface area contributed by atoms with Gasteiger partial charge in [0.2, 0.25) is 5.91 Å². The zero-order valence-corrected chi connectivity index (χ0v) is 19.4. The Labute approximate surface area is 195 Å². The minimum atomic E-state index is -0.724. The van der Waals surface area contributed by atoms with E-state index in [9.17, 15) is 9.59 Å². The predicted octanol–water partition coefficient (Wildman–Crippen LogP) is 3.41. The number of nitrogens with one attached hydrogen (secondary N) is 2. The highest BCUT2D eigenvalue weighted by Gasteiger charge is 2.53. The lowest BCUT2D eigenvalue weighted by molar-refractivity contribution is -0.123. The third-order valence-electron chi connectivity index (χ3n) is 7.82. The summed E-state index contributed by atoms with van der Waals surface area (Å²) in [5, 5.41) is 7.65. The molecule has 1 aliphatic heterocycles. The highest BCUT2D eigenvalue weighted by atomic mass is 19.1. The third kappa shape index (κ3) is 3.19. The number of aromatic amines is 2. The molecule has 3 aliphatic rings. The molecule has 1 aromatic carbocycles. The van der Waals surface area contributed by atoms with Gasteiger partial charge in [-0.15, -0.1) is 0 Å². The fourth-order valence-electron chi connectivity index (χ4n) is 5.48. The average Bonchev–Trinajstić information content (AvgIpc) is 3.11. The molecule has 1 saturated carbocycles. The summed E-state index contributed by atoms with van der Waals surface area (Å²) in [6.07, 6.45) is 3.32. The van der Waals surface area contributed by atoms with Crippen LogP contribution in [0.15, 0.2) is 12.1 Å². The maximum Gasteiger partial charge on any atom is 0.410 e. The van der Waals surface area contributed by atoms with E-state index in [1.807, 2.05) is 0 Å². The molecule has 3 atom stereocenters. The molecular weight excluding hydrogens is 439 g/mol.